The summed E-state index contributed by atoms with van der Waals surface area (Å²) in [5.41, 5.74) is 1.25. The molecule has 0 unspecified atom stereocenters. The van der Waals surface area contributed by atoms with Crippen molar-refractivity contribution in [3.05, 3.63) is 73.4 Å². The van der Waals surface area contributed by atoms with E-state index in [2.05, 4.69) is 31.2 Å². The highest BCUT2D eigenvalue weighted by molar-refractivity contribution is 5.84. The summed E-state index contributed by atoms with van der Waals surface area (Å²) in [7, 11) is 0. The molecular weight excluding hydrogens is 399 g/mol. The Morgan fingerprint density at radius 1 is 0.957 bits per heavy atom. The van der Waals surface area contributed by atoms with Gasteiger partial charge in [-0.2, -0.15) is 0 Å². The van der Waals surface area contributed by atoms with Crippen molar-refractivity contribution in [3.63, 3.8) is 0 Å². The molecule has 0 saturated carbocycles. The third kappa shape index (κ3) is 6.57. The fourth-order valence-electron chi connectivity index (χ4n) is 1.76. The zero-order valence-corrected chi connectivity index (χ0v) is 16.1. The minimum absolute atomic E-state index is 0.0264. The van der Waals surface area contributed by atoms with Gasteiger partial charge in [0, 0.05) is 6.08 Å². The van der Waals surface area contributed by atoms with Crippen molar-refractivity contribution in [2.24, 2.45) is 5.41 Å². The molecule has 0 amide bonds. The molecule has 2 aromatic carbocycles. The zero-order valence-electron chi connectivity index (χ0n) is 14.0. The smallest absolute Gasteiger partial charge is 0.357 e. The fraction of sp³-hybridized carbons (Fsp3) is 0.250. The summed E-state index contributed by atoms with van der Waals surface area (Å²) in [5, 5.41) is 0. The van der Waals surface area contributed by atoms with Gasteiger partial charge in [-0.15, -0.1) is 0 Å². The highest BCUT2D eigenvalue weighted by Gasteiger charge is 2.15. The first-order chi connectivity index (χ1) is 10.8. The van der Waals surface area contributed by atoms with Crippen molar-refractivity contribution in [2.45, 2.75) is 27.7 Å². The Kier molecular flexibility index (Phi) is 5.99. The minimum atomic E-state index is -0.332. The zero-order chi connectivity index (χ0) is 16.9. The molecule has 0 N–H and O–H groups in total. The third-order valence-electron chi connectivity index (χ3n) is 2.98. The first kappa shape index (κ1) is 17.7. The number of carbonyl (C=O) groups is 1. The van der Waals surface area contributed by atoms with E-state index in [9.17, 15) is 4.79 Å². The van der Waals surface area contributed by atoms with Gasteiger partial charge in [-0.1, -0.05) is 44.5 Å². The first-order valence-corrected chi connectivity index (χ1v) is 9.70. The number of ether oxygens (including phenoxy) is 1. The number of hydrogen-bond donors (Lipinski definition) is 0. The molecule has 0 aliphatic rings. The Bertz CT molecular complexity index is 677. The van der Waals surface area contributed by atoms with E-state index >= 15 is 0 Å². The Balaban J connectivity index is 1.95. The van der Waals surface area contributed by atoms with Crippen LogP contribution in [0.1, 0.15) is 26.3 Å². The number of aryl methyl sites for hydroxylation is 1. The molecule has 0 fully saturated rings. The van der Waals surface area contributed by atoms with E-state index in [1.54, 1.807) is 0 Å². The van der Waals surface area contributed by atoms with Crippen LogP contribution in [0.25, 0.3) is 0 Å². The predicted octanol–water partition coefficient (Wildman–Crippen LogP) is 1.63. The Morgan fingerprint density at radius 3 is 2.00 bits per heavy atom. The minimum Gasteiger partial charge on any atom is -0.423 e. The van der Waals surface area contributed by atoms with Crippen molar-refractivity contribution >= 4 is 5.97 Å². The van der Waals surface area contributed by atoms with Gasteiger partial charge in [0.05, 0.1) is 0 Å². The topological polar surface area (TPSA) is 26.3 Å². The van der Waals surface area contributed by atoms with Gasteiger partial charge >= 0.3 is 27.2 Å². The number of carbonyl (C=O) groups excluding carboxylic acids is 1. The summed E-state index contributed by atoms with van der Waals surface area (Å²) in [6.07, 6.45) is 3.35. The van der Waals surface area contributed by atoms with Gasteiger partial charge in [0.2, 0.25) is 0 Å². The highest BCUT2D eigenvalue weighted by atomic mass is 127. The lowest BCUT2D eigenvalue weighted by molar-refractivity contribution is -0.597. The SMILES string of the molecule is Cc1ccc([I+]c2ccc(OC(=O)C=CC(C)(C)C)cc2)cc1. The van der Waals surface area contributed by atoms with Crippen LogP contribution >= 0.6 is 0 Å². The average Bonchev–Trinajstić information content (AvgIpc) is 2.49. The van der Waals surface area contributed by atoms with Crippen molar-refractivity contribution in [2.75, 3.05) is 0 Å². The van der Waals surface area contributed by atoms with E-state index in [0.29, 0.717) is 5.75 Å². The lowest BCUT2D eigenvalue weighted by atomic mass is 9.96. The van der Waals surface area contributed by atoms with Crippen LogP contribution in [0.5, 0.6) is 5.75 Å². The van der Waals surface area contributed by atoms with E-state index in [0.717, 1.165) is 0 Å². The molecule has 23 heavy (non-hydrogen) atoms. The average molecular weight is 421 g/mol. The second-order valence-corrected chi connectivity index (χ2v) is 9.50. The molecule has 0 saturated heterocycles. The normalized spacial score (nSPS) is 11.7. The lowest BCUT2D eigenvalue weighted by Crippen LogP contribution is -3.61. The molecule has 120 valence electrons. The fourth-order valence-corrected chi connectivity index (χ4v) is 3.91. The molecular formula is C20H22IO2+. The van der Waals surface area contributed by atoms with Crippen LogP contribution in [0.4, 0.5) is 0 Å². The van der Waals surface area contributed by atoms with Crippen LogP contribution in [-0.2, 0) is 4.79 Å². The maximum atomic E-state index is 11.8. The van der Waals surface area contributed by atoms with Gasteiger partial charge in [-0.25, -0.2) is 4.79 Å². The molecule has 0 bridgehead atoms. The number of esters is 1. The first-order valence-electron chi connectivity index (χ1n) is 7.54. The third-order valence-corrected chi connectivity index (χ3v) is 5.66. The molecule has 0 aromatic heterocycles. The molecule has 2 rings (SSSR count). The van der Waals surface area contributed by atoms with Gasteiger partial charge in [-0.05, 0) is 48.7 Å². The van der Waals surface area contributed by atoms with Crippen LogP contribution in [-0.4, -0.2) is 5.97 Å². The van der Waals surface area contributed by atoms with Gasteiger partial charge in [0.15, 0.2) is 7.14 Å². The maximum absolute atomic E-state index is 11.8. The van der Waals surface area contributed by atoms with E-state index in [-0.39, 0.29) is 32.6 Å². The molecule has 0 aliphatic heterocycles. The van der Waals surface area contributed by atoms with E-state index < -0.39 is 0 Å². The van der Waals surface area contributed by atoms with Gasteiger partial charge in [0.1, 0.15) is 5.75 Å². The highest BCUT2D eigenvalue weighted by Crippen LogP contribution is 2.15. The molecule has 0 atom stereocenters. The van der Waals surface area contributed by atoms with E-state index in [1.165, 1.54) is 18.8 Å². The number of halogens is 1. The van der Waals surface area contributed by atoms with Crippen molar-refractivity contribution in [1.82, 2.24) is 0 Å². The van der Waals surface area contributed by atoms with Crippen LogP contribution in [0.15, 0.2) is 60.7 Å². The second-order valence-electron chi connectivity index (χ2n) is 6.46. The van der Waals surface area contributed by atoms with E-state index in [1.807, 2.05) is 51.1 Å². The maximum Gasteiger partial charge on any atom is 0.357 e. The number of allylic oxidation sites excluding steroid dienone is 1. The largest absolute Gasteiger partial charge is 0.423 e. The van der Waals surface area contributed by atoms with Crippen LogP contribution in [0, 0.1) is 19.5 Å². The van der Waals surface area contributed by atoms with Crippen LogP contribution in [0.3, 0.4) is 0 Å². The van der Waals surface area contributed by atoms with Crippen LogP contribution in [0.2, 0.25) is 0 Å². The van der Waals surface area contributed by atoms with Crippen molar-refractivity contribution < 1.29 is 30.7 Å². The molecule has 2 nitrogen and oxygen atoms in total. The Labute approximate surface area is 148 Å². The lowest BCUT2D eigenvalue weighted by Gasteiger charge is -2.10. The summed E-state index contributed by atoms with van der Waals surface area (Å²) in [4.78, 5) is 11.8. The predicted molar refractivity (Wildman–Crippen MR) is 89.2 cm³/mol. The summed E-state index contributed by atoms with van der Waals surface area (Å²) in [6, 6.07) is 16.5. The van der Waals surface area contributed by atoms with Crippen molar-refractivity contribution in [3.8, 4) is 5.75 Å². The summed E-state index contributed by atoms with van der Waals surface area (Å²) >= 11 is -0.195. The summed E-state index contributed by atoms with van der Waals surface area (Å²) in [5.74, 6) is 0.256. The molecule has 2 aromatic rings. The molecule has 0 radical (unpaired) electrons. The summed E-state index contributed by atoms with van der Waals surface area (Å²) in [6.45, 7) is 8.22. The standard InChI is InChI=1S/C20H22IO2/c1-15-5-7-16(8-6-15)21-17-9-11-18(12-10-17)23-19(22)13-14-20(2,3)4/h5-14H,1-4H3/q+1. The molecule has 0 aliphatic carbocycles. The molecule has 3 heteroatoms. The number of hydrogen-bond acceptors (Lipinski definition) is 2. The summed E-state index contributed by atoms with van der Waals surface area (Å²) < 4.78 is 8.00. The Morgan fingerprint density at radius 2 is 1.48 bits per heavy atom. The van der Waals surface area contributed by atoms with Gasteiger partial charge < -0.3 is 4.74 Å². The van der Waals surface area contributed by atoms with Crippen molar-refractivity contribution in [1.29, 1.82) is 0 Å². The number of rotatable bonds is 4. The number of benzene rings is 2. The Hall–Kier alpha value is -1.62. The van der Waals surface area contributed by atoms with Crippen LogP contribution < -0.4 is 25.9 Å². The quantitative estimate of drug-likeness (QED) is 0.325. The molecule has 0 heterocycles. The molecule has 0 spiro atoms. The van der Waals surface area contributed by atoms with Gasteiger partial charge in [-0.3, -0.25) is 0 Å². The van der Waals surface area contributed by atoms with E-state index in [4.69, 9.17) is 4.74 Å². The second kappa shape index (κ2) is 7.77. The van der Waals surface area contributed by atoms with Gasteiger partial charge in [0.25, 0.3) is 0 Å². The monoisotopic (exact) mass is 421 g/mol.